The largest absolute Gasteiger partial charge is 0.334 e. The molecule has 0 saturated carbocycles. The number of rotatable bonds is 5. The van der Waals surface area contributed by atoms with Gasteiger partial charge in [0.05, 0.1) is 5.69 Å². The SMILES string of the molecule is CCCN(C(=O)c1ccc(-n2nc(C)cc2C)c(F)c1)C1CCNC1.Cl. The fraction of sp³-hybridized carbons (Fsp3) is 0.474. The van der Waals surface area contributed by atoms with Crippen molar-refractivity contribution in [3.8, 4) is 5.69 Å². The zero-order chi connectivity index (χ0) is 18.0. The number of hydrogen-bond acceptors (Lipinski definition) is 3. The van der Waals surface area contributed by atoms with Crippen LogP contribution in [0.5, 0.6) is 0 Å². The predicted octanol–water partition coefficient (Wildman–Crippen LogP) is 3.26. The minimum atomic E-state index is -0.432. The van der Waals surface area contributed by atoms with E-state index in [0.717, 1.165) is 37.3 Å². The molecule has 1 saturated heterocycles. The van der Waals surface area contributed by atoms with Crippen molar-refractivity contribution < 1.29 is 9.18 Å². The first kappa shape index (κ1) is 20.4. The van der Waals surface area contributed by atoms with Gasteiger partial charge in [-0.3, -0.25) is 4.79 Å². The Morgan fingerprint density at radius 1 is 1.38 bits per heavy atom. The van der Waals surface area contributed by atoms with Gasteiger partial charge in [-0.05, 0) is 57.5 Å². The van der Waals surface area contributed by atoms with E-state index < -0.39 is 5.82 Å². The van der Waals surface area contributed by atoms with Crippen LogP contribution in [0.25, 0.3) is 5.69 Å². The van der Waals surface area contributed by atoms with Gasteiger partial charge in [-0.1, -0.05) is 6.92 Å². The molecular formula is C19H26ClFN4O. The molecular weight excluding hydrogens is 355 g/mol. The first-order valence-electron chi connectivity index (χ1n) is 8.86. The van der Waals surface area contributed by atoms with Gasteiger partial charge < -0.3 is 10.2 Å². The highest BCUT2D eigenvalue weighted by Gasteiger charge is 2.27. The monoisotopic (exact) mass is 380 g/mol. The van der Waals surface area contributed by atoms with E-state index in [4.69, 9.17) is 0 Å². The Bertz CT molecular complexity index is 771. The molecule has 1 unspecified atom stereocenters. The van der Waals surface area contributed by atoms with Crippen molar-refractivity contribution >= 4 is 18.3 Å². The van der Waals surface area contributed by atoms with Crippen molar-refractivity contribution in [2.75, 3.05) is 19.6 Å². The number of aryl methyl sites for hydroxylation is 2. The van der Waals surface area contributed by atoms with E-state index in [0.29, 0.717) is 17.8 Å². The van der Waals surface area contributed by atoms with Crippen LogP contribution in [-0.2, 0) is 0 Å². The average molecular weight is 381 g/mol. The summed E-state index contributed by atoms with van der Waals surface area (Å²) in [5.74, 6) is -0.535. The summed E-state index contributed by atoms with van der Waals surface area (Å²) in [6, 6.07) is 6.75. The summed E-state index contributed by atoms with van der Waals surface area (Å²) in [5, 5.41) is 7.60. The maximum absolute atomic E-state index is 14.7. The van der Waals surface area contributed by atoms with Crippen molar-refractivity contribution in [2.24, 2.45) is 0 Å². The summed E-state index contributed by atoms with van der Waals surface area (Å²) >= 11 is 0. The molecule has 1 aromatic carbocycles. The lowest BCUT2D eigenvalue weighted by Gasteiger charge is -2.28. The Morgan fingerprint density at radius 2 is 2.15 bits per heavy atom. The van der Waals surface area contributed by atoms with Gasteiger partial charge in [-0.15, -0.1) is 12.4 Å². The number of nitrogens with zero attached hydrogens (tertiary/aromatic N) is 3. The molecule has 1 aliphatic rings. The number of nitrogens with one attached hydrogen (secondary N) is 1. The summed E-state index contributed by atoms with van der Waals surface area (Å²) in [6.07, 6.45) is 1.83. The van der Waals surface area contributed by atoms with Crippen LogP contribution in [-0.4, -0.2) is 46.3 Å². The molecule has 26 heavy (non-hydrogen) atoms. The van der Waals surface area contributed by atoms with Crippen LogP contribution in [0.1, 0.15) is 41.5 Å². The molecule has 1 N–H and O–H groups in total. The Morgan fingerprint density at radius 3 is 2.69 bits per heavy atom. The van der Waals surface area contributed by atoms with Crippen molar-refractivity contribution in [1.29, 1.82) is 0 Å². The maximum atomic E-state index is 14.7. The van der Waals surface area contributed by atoms with Crippen LogP contribution in [0.15, 0.2) is 24.3 Å². The number of aromatic nitrogens is 2. The summed E-state index contributed by atoms with van der Waals surface area (Å²) in [4.78, 5) is 14.8. The molecule has 0 bridgehead atoms. The highest BCUT2D eigenvalue weighted by molar-refractivity contribution is 5.94. The number of amides is 1. The molecule has 1 atom stereocenters. The molecule has 0 radical (unpaired) electrons. The van der Waals surface area contributed by atoms with Gasteiger partial charge in [0.2, 0.25) is 0 Å². The third-order valence-corrected chi connectivity index (χ3v) is 4.63. The molecule has 142 valence electrons. The fourth-order valence-corrected chi connectivity index (χ4v) is 3.45. The van der Waals surface area contributed by atoms with Gasteiger partial charge in [0.25, 0.3) is 5.91 Å². The topological polar surface area (TPSA) is 50.2 Å². The summed E-state index contributed by atoms with van der Waals surface area (Å²) in [5.41, 5.74) is 2.45. The van der Waals surface area contributed by atoms with E-state index in [1.54, 1.807) is 16.8 Å². The van der Waals surface area contributed by atoms with E-state index in [-0.39, 0.29) is 24.4 Å². The molecule has 3 rings (SSSR count). The minimum Gasteiger partial charge on any atom is -0.334 e. The second kappa shape index (κ2) is 8.64. The first-order valence-corrected chi connectivity index (χ1v) is 8.86. The summed E-state index contributed by atoms with van der Waals surface area (Å²) in [6.45, 7) is 8.22. The standard InChI is InChI=1S/C19H25FN4O.ClH/c1-4-9-23(16-7-8-21-12-16)19(25)15-5-6-18(17(20)11-15)24-14(3)10-13(2)22-24;/h5-6,10-11,16,21H,4,7-9,12H2,1-3H3;1H. The Balaban J connectivity index is 0.00000243. The predicted molar refractivity (Wildman–Crippen MR) is 103 cm³/mol. The van der Waals surface area contributed by atoms with Crippen LogP contribution >= 0.6 is 12.4 Å². The lowest BCUT2D eigenvalue weighted by atomic mass is 10.1. The Labute approximate surface area is 160 Å². The van der Waals surface area contributed by atoms with Crippen LogP contribution in [0.3, 0.4) is 0 Å². The zero-order valence-corrected chi connectivity index (χ0v) is 16.3. The van der Waals surface area contributed by atoms with E-state index in [1.165, 1.54) is 6.07 Å². The van der Waals surface area contributed by atoms with Gasteiger partial charge in [0.1, 0.15) is 11.5 Å². The molecule has 7 heteroatoms. The second-order valence-electron chi connectivity index (χ2n) is 6.65. The number of carbonyl (C=O) groups is 1. The maximum Gasteiger partial charge on any atom is 0.254 e. The van der Waals surface area contributed by atoms with E-state index >= 15 is 0 Å². The highest BCUT2D eigenvalue weighted by Crippen LogP contribution is 2.20. The third kappa shape index (κ3) is 4.07. The van der Waals surface area contributed by atoms with Crippen molar-refractivity contribution in [2.45, 2.75) is 39.7 Å². The van der Waals surface area contributed by atoms with Gasteiger partial charge in [0.15, 0.2) is 0 Å². The number of halogens is 2. The quantitative estimate of drug-likeness (QED) is 0.866. The molecule has 0 spiro atoms. The van der Waals surface area contributed by atoms with Crippen molar-refractivity contribution in [3.63, 3.8) is 0 Å². The lowest BCUT2D eigenvalue weighted by Crippen LogP contribution is -2.42. The highest BCUT2D eigenvalue weighted by atomic mass is 35.5. The average Bonchev–Trinajstić information content (AvgIpc) is 3.21. The molecule has 2 heterocycles. The van der Waals surface area contributed by atoms with Crippen LogP contribution in [0, 0.1) is 19.7 Å². The second-order valence-corrected chi connectivity index (χ2v) is 6.65. The first-order chi connectivity index (χ1) is 12.0. The zero-order valence-electron chi connectivity index (χ0n) is 15.5. The lowest BCUT2D eigenvalue weighted by molar-refractivity contribution is 0.0692. The van der Waals surface area contributed by atoms with Crippen LogP contribution in [0.4, 0.5) is 4.39 Å². The van der Waals surface area contributed by atoms with E-state index in [9.17, 15) is 9.18 Å². The van der Waals surface area contributed by atoms with Gasteiger partial charge in [0, 0.05) is 30.4 Å². The molecule has 1 amide bonds. The number of hydrogen-bond donors (Lipinski definition) is 1. The Hall–Kier alpha value is -1.92. The number of benzene rings is 1. The van der Waals surface area contributed by atoms with Gasteiger partial charge in [-0.25, -0.2) is 9.07 Å². The van der Waals surface area contributed by atoms with Crippen molar-refractivity contribution in [1.82, 2.24) is 20.0 Å². The summed E-state index contributed by atoms with van der Waals surface area (Å²) < 4.78 is 16.2. The molecule has 5 nitrogen and oxygen atoms in total. The normalized spacial score (nSPS) is 16.4. The smallest absolute Gasteiger partial charge is 0.254 e. The van der Waals surface area contributed by atoms with Gasteiger partial charge >= 0.3 is 0 Å². The van der Waals surface area contributed by atoms with E-state index in [1.807, 2.05) is 24.8 Å². The Kier molecular flexibility index (Phi) is 6.78. The van der Waals surface area contributed by atoms with Crippen LogP contribution < -0.4 is 5.32 Å². The van der Waals surface area contributed by atoms with E-state index in [2.05, 4.69) is 17.3 Å². The molecule has 1 aromatic heterocycles. The minimum absolute atomic E-state index is 0. The molecule has 1 aliphatic heterocycles. The van der Waals surface area contributed by atoms with Crippen molar-refractivity contribution in [3.05, 3.63) is 47.0 Å². The summed E-state index contributed by atoms with van der Waals surface area (Å²) in [7, 11) is 0. The van der Waals surface area contributed by atoms with Crippen LogP contribution in [0.2, 0.25) is 0 Å². The third-order valence-electron chi connectivity index (χ3n) is 4.63. The fourth-order valence-electron chi connectivity index (χ4n) is 3.45. The van der Waals surface area contributed by atoms with Gasteiger partial charge in [-0.2, -0.15) is 5.10 Å². The number of carbonyl (C=O) groups excluding carboxylic acids is 1. The molecule has 1 fully saturated rings. The molecule has 2 aromatic rings. The molecule has 0 aliphatic carbocycles.